The quantitative estimate of drug-likeness (QED) is 0.527. The Bertz CT molecular complexity index is 516. The number of non-ortho nitro benzene ring substituents is 1. The number of halogens is 1. The first-order valence-corrected chi connectivity index (χ1v) is 7.04. The number of nitro benzene ring substituents is 1. The molecule has 0 spiro atoms. The number of carbonyl (C=O) groups is 1. The minimum Gasteiger partial charge on any atom is -0.370 e. The van der Waals surface area contributed by atoms with E-state index in [0.29, 0.717) is 5.69 Å². The van der Waals surface area contributed by atoms with Crippen LogP contribution in [0.15, 0.2) is 18.2 Å². The highest BCUT2D eigenvalue weighted by molar-refractivity contribution is 6.29. The second kappa shape index (κ2) is 6.56. The summed E-state index contributed by atoms with van der Waals surface area (Å²) < 4.78 is 0. The van der Waals surface area contributed by atoms with Gasteiger partial charge in [0.2, 0.25) is 5.91 Å². The van der Waals surface area contributed by atoms with Gasteiger partial charge in [0.05, 0.1) is 16.3 Å². The molecule has 1 heterocycles. The monoisotopic (exact) mass is 297 g/mol. The number of nitrogens with one attached hydrogen (secondary N) is 1. The van der Waals surface area contributed by atoms with Crippen molar-refractivity contribution in [3.8, 4) is 0 Å². The van der Waals surface area contributed by atoms with Gasteiger partial charge < -0.3 is 10.2 Å². The number of piperidine rings is 1. The molecule has 0 bridgehead atoms. The smallest absolute Gasteiger partial charge is 0.271 e. The third kappa shape index (κ3) is 3.39. The summed E-state index contributed by atoms with van der Waals surface area (Å²) >= 11 is 5.48. The molecular formula is C13H16ClN3O3. The van der Waals surface area contributed by atoms with Crippen LogP contribution >= 0.6 is 11.6 Å². The fraction of sp³-hybridized carbons (Fsp3) is 0.462. The number of carbonyl (C=O) groups excluding carboxylic acids is 1. The zero-order chi connectivity index (χ0) is 14.5. The number of anilines is 2. The van der Waals surface area contributed by atoms with Crippen molar-refractivity contribution in [2.45, 2.75) is 19.3 Å². The summed E-state index contributed by atoms with van der Waals surface area (Å²) in [7, 11) is 0. The van der Waals surface area contributed by atoms with Crippen molar-refractivity contribution in [3.63, 3.8) is 0 Å². The molecule has 6 nitrogen and oxygen atoms in total. The molecule has 1 amide bonds. The van der Waals surface area contributed by atoms with Crippen LogP contribution in [-0.2, 0) is 4.79 Å². The largest absolute Gasteiger partial charge is 0.370 e. The van der Waals surface area contributed by atoms with Crippen LogP contribution in [0.3, 0.4) is 0 Å². The number of amides is 1. The van der Waals surface area contributed by atoms with Gasteiger partial charge in [0.25, 0.3) is 5.69 Å². The highest BCUT2D eigenvalue weighted by atomic mass is 35.5. The lowest BCUT2D eigenvalue weighted by molar-refractivity contribution is -0.384. The molecule has 0 aliphatic carbocycles. The van der Waals surface area contributed by atoms with Gasteiger partial charge in [-0.2, -0.15) is 0 Å². The fourth-order valence-corrected chi connectivity index (χ4v) is 2.40. The lowest BCUT2D eigenvalue weighted by atomic mass is 10.1. The maximum absolute atomic E-state index is 11.5. The molecule has 0 aromatic heterocycles. The molecule has 1 aromatic carbocycles. The van der Waals surface area contributed by atoms with Gasteiger partial charge in [0.1, 0.15) is 5.88 Å². The topological polar surface area (TPSA) is 75.5 Å². The minimum atomic E-state index is -0.476. The van der Waals surface area contributed by atoms with Crippen molar-refractivity contribution >= 4 is 34.6 Å². The van der Waals surface area contributed by atoms with Crippen molar-refractivity contribution in [1.82, 2.24) is 0 Å². The Labute approximate surface area is 121 Å². The molecule has 0 saturated carbocycles. The molecule has 108 valence electrons. The summed E-state index contributed by atoms with van der Waals surface area (Å²) in [6, 6.07) is 4.53. The van der Waals surface area contributed by atoms with Crippen molar-refractivity contribution < 1.29 is 9.72 Å². The van der Waals surface area contributed by atoms with Gasteiger partial charge in [0.15, 0.2) is 0 Å². The predicted molar refractivity (Wildman–Crippen MR) is 78.5 cm³/mol. The van der Waals surface area contributed by atoms with Crippen molar-refractivity contribution in [2.24, 2.45) is 0 Å². The Morgan fingerprint density at radius 3 is 2.65 bits per heavy atom. The molecule has 0 atom stereocenters. The number of alkyl halides is 1. The maximum Gasteiger partial charge on any atom is 0.271 e. The van der Waals surface area contributed by atoms with Crippen LogP contribution in [-0.4, -0.2) is 29.8 Å². The number of benzene rings is 1. The van der Waals surface area contributed by atoms with E-state index in [1.54, 1.807) is 6.07 Å². The number of hydrogen-bond donors (Lipinski definition) is 1. The fourth-order valence-electron chi connectivity index (χ4n) is 2.33. The molecule has 1 aliphatic rings. The number of rotatable bonds is 4. The number of nitrogens with zero attached hydrogens (tertiary/aromatic N) is 2. The van der Waals surface area contributed by atoms with Crippen LogP contribution in [0, 0.1) is 10.1 Å². The molecule has 1 aliphatic heterocycles. The van der Waals surface area contributed by atoms with Crippen LogP contribution in [0.4, 0.5) is 17.1 Å². The van der Waals surface area contributed by atoms with Crippen molar-refractivity contribution in [3.05, 3.63) is 28.3 Å². The van der Waals surface area contributed by atoms with E-state index < -0.39 is 4.92 Å². The van der Waals surface area contributed by atoms with Crippen LogP contribution in [0.25, 0.3) is 0 Å². The molecule has 2 rings (SSSR count). The third-order valence-electron chi connectivity index (χ3n) is 3.28. The van der Waals surface area contributed by atoms with Crippen LogP contribution in [0.1, 0.15) is 19.3 Å². The highest BCUT2D eigenvalue weighted by Gasteiger charge is 2.18. The summed E-state index contributed by atoms with van der Waals surface area (Å²) in [4.78, 5) is 24.0. The second-order valence-electron chi connectivity index (χ2n) is 4.69. The Morgan fingerprint density at radius 1 is 1.35 bits per heavy atom. The zero-order valence-electron chi connectivity index (χ0n) is 11.0. The zero-order valence-corrected chi connectivity index (χ0v) is 11.7. The molecule has 0 unspecified atom stereocenters. The molecule has 1 fully saturated rings. The molecule has 1 saturated heterocycles. The molecule has 7 heteroatoms. The summed E-state index contributed by atoms with van der Waals surface area (Å²) in [5.74, 6) is -0.548. The van der Waals surface area contributed by atoms with E-state index in [4.69, 9.17) is 11.6 Å². The first-order chi connectivity index (χ1) is 9.61. The lowest BCUT2D eigenvalue weighted by Gasteiger charge is -2.30. The SMILES string of the molecule is O=C(CCl)Nc1cc([N+](=O)[O-])ccc1N1CCCCC1. The van der Waals surface area contributed by atoms with Gasteiger partial charge in [-0.05, 0) is 25.3 Å². The predicted octanol–water partition coefficient (Wildman–Crippen LogP) is 2.76. The van der Waals surface area contributed by atoms with Crippen molar-refractivity contribution in [2.75, 3.05) is 29.2 Å². The van der Waals surface area contributed by atoms with Crippen LogP contribution < -0.4 is 10.2 Å². The van der Waals surface area contributed by atoms with E-state index >= 15 is 0 Å². The number of nitro groups is 1. The average Bonchev–Trinajstić information content (AvgIpc) is 2.47. The van der Waals surface area contributed by atoms with E-state index in [-0.39, 0.29) is 17.5 Å². The first-order valence-electron chi connectivity index (χ1n) is 6.51. The number of hydrogen-bond acceptors (Lipinski definition) is 4. The summed E-state index contributed by atoms with van der Waals surface area (Å²) in [5.41, 5.74) is 1.22. The van der Waals surface area contributed by atoms with Gasteiger partial charge in [0, 0.05) is 25.2 Å². The van der Waals surface area contributed by atoms with E-state index in [0.717, 1.165) is 31.6 Å². The summed E-state index contributed by atoms with van der Waals surface area (Å²) in [6.07, 6.45) is 3.35. The summed E-state index contributed by atoms with van der Waals surface area (Å²) in [5, 5.41) is 13.5. The van der Waals surface area contributed by atoms with Gasteiger partial charge in [-0.25, -0.2) is 0 Å². The molecule has 1 N–H and O–H groups in total. The standard InChI is InChI=1S/C13H16ClN3O3/c14-9-13(18)15-11-8-10(17(19)20)4-5-12(11)16-6-2-1-3-7-16/h4-5,8H,1-3,6-7,9H2,(H,15,18). The van der Waals surface area contributed by atoms with E-state index in [9.17, 15) is 14.9 Å². The Balaban J connectivity index is 2.32. The molecule has 1 aromatic rings. The van der Waals surface area contributed by atoms with Crippen LogP contribution in [0.2, 0.25) is 0 Å². The maximum atomic E-state index is 11.5. The first kappa shape index (κ1) is 14.6. The normalized spacial score (nSPS) is 14.9. The van der Waals surface area contributed by atoms with E-state index in [2.05, 4.69) is 10.2 Å². The Morgan fingerprint density at radius 2 is 2.05 bits per heavy atom. The summed E-state index contributed by atoms with van der Waals surface area (Å²) in [6.45, 7) is 1.78. The van der Waals surface area contributed by atoms with Gasteiger partial charge in [-0.3, -0.25) is 14.9 Å². The Hall–Kier alpha value is -1.82. The molecule has 20 heavy (non-hydrogen) atoms. The van der Waals surface area contributed by atoms with Crippen molar-refractivity contribution in [1.29, 1.82) is 0 Å². The van der Waals surface area contributed by atoms with E-state index in [1.165, 1.54) is 18.6 Å². The van der Waals surface area contributed by atoms with Crippen LogP contribution in [0.5, 0.6) is 0 Å². The average molecular weight is 298 g/mol. The van der Waals surface area contributed by atoms with Gasteiger partial charge in [-0.1, -0.05) is 0 Å². The molecule has 0 radical (unpaired) electrons. The van der Waals surface area contributed by atoms with Gasteiger partial charge >= 0.3 is 0 Å². The Kier molecular flexibility index (Phi) is 4.79. The second-order valence-corrected chi connectivity index (χ2v) is 4.96. The van der Waals surface area contributed by atoms with E-state index in [1.807, 2.05) is 0 Å². The third-order valence-corrected chi connectivity index (χ3v) is 3.53. The lowest BCUT2D eigenvalue weighted by Crippen LogP contribution is -2.30. The molecular weight excluding hydrogens is 282 g/mol. The minimum absolute atomic E-state index is 0.0457. The highest BCUT2D eigenvalue weighted by Crippen LogP contribution is 2.32. The van der Waals surface area contributed by atoms with Gasteiger partial charge in [-0.15, -0.1) is 11.6 Å².